The van der Waals surface area contributed by atoms with Gasteiger partial charge in [0.25, 0.3) is 0 Å². The first-order valence-corrected chi connectivity index (χ1v) is 5.33. The van der Waals surface area contributed by atoms with Crippen LogP contribution < -0.4 is 5.73 Å². The molecule has 0 fully saturated rings. The van der Waals surface area contributed by atoms with E-state index in [4.69, 9.17) is 10.5 Å². The van der Waals surface area contributed by atoms with Crippen LogP contribution in [0.2, 0.25) is 0 Å². The molecule has 0 bridgehead atoms. The Balaban J connectivity index is 2.61. The van der Waals surface area contributed by atoms with Crippen molar-refractivity contribution in [3.63, 3.8) is 0 Å². The second-order valence-electron chi connectivity index (χ2n) is 4.14. The molecule has 0 aromatic rings. The van der Waals surface area contributed by atoms with E-state index in [-0.39, 0.29) is 11.8 Å². The molecule has 2 unspecified atom stereocenters. The molecule has 0 saturated carbocycles. The van der Waals surface area contributed by atoms with Crippen LogP contribution in [-0.4, -0.2) is 19.3 Å². The van der Waals surface area contributed by atoms with Gasteiger partial charge in [-0.25, -0.2) is 4.39 Å². The normalized spacial score (nSPS) is 21.4. The van der Waals surface area contributed by atoms with Gasteiger partial charge in [-0.2, -0.15) is 0 Å². The summed E-state index contributed by atoms with van der Waals surface area (Å²) in [7, 11) is 0. The van der Waals surface area contributed by atoms with Crippen LogP contribution >= 0.6 is 0 Å². The van der Waals surface area contributed by atoms with Crippen LogP contribution in [0.1, 0.15) is 26.7 Å². The number of ether oxygens (including phenoxy) is 1. The average molecular weight is 201 g/mol. The predicted molar refractivity (Wildman–Crippen MR) is 55.5 cm³/mol. The minimum absolute atomic E-state index is 0.126. The summed E-state index contributed by atoms with van der Waals surface area (Å²) in [6.07, 6.45) is 2.75. The zero-order valence-electron chi connectivity index (χ0n) is 9.00. The van der Waals surface area contributed by atoms with Crippen LogP contribution in [0.15, 0.2) is 11.8 Å². The fourth-order valence-electron chi connectivity index (χ4n) is 1.71. The van der Waals surface area contributed by atoms with E-state index in [2.05, 4.69) is 0 Å². The summed E-state index contributed by atoms with van der Waals surface area (Å²) < 4.78 is 19.2. The minimum Gasteiger partial charge on any atom is -0.495 e. The Kier molecular flexibility index (Phi) is 4.39. The van der Waals surface area contributed by atoms with E-state index in [1.807, 2.05) is 19.9 Å². The Hall–Kier alpha value is -0.570. The molecule has 1 aliphatic rings. The van der Waals surface area contributed by atoms with Crippen LogP contribution in [0.4, 0.5) is 4.39 Å². The number of alkyl halides is 1. The third kappa shape index (κ3) is 2.71. The van der Waals surface area contributed by atoms with Crippen LogP contribution in [0, 0.1) is 11.8 Å². The van der Waals surface area contributed by atoms with E-state index in [0.29, 0.717) is 18.9 Å². The van der Waals surface area contributed by atoms with Gasteiger partial charge in [-0.05, 0) is 31.4 Å². The third-order valence-electron chi connectivity index (χ3n) is 2.74. The van der Waals surface area contributed by atoms with Gasteiger partial charge in [0, 0.05) is 5.92 Å². The van der Waals surface area contributed by atoms with E-state index in [1.165, 1.54) is 0 Å². The fourth-order valence-corrected chi connectivity index (χ4v) is 1.71. The van der Waals surface area contributed by atoms with Crippen molar-refractivity contribution in [1.82, 2.24) is 0 Å². The summed E-state index contributed by atoms with van der Waals surface area (Å²) in [6.45, 7) is 5.00. The highest BCUT2D eigenvalue weighted by atomic mass is 19.1. The molecular formula is C11H20FNO. The van der Waals surface area contributed by atoms with Crippen molar-refractivity contribution in [3.05, 3.63) is 11.8 Å². The lowest BCUT2D eigenvalue weighted by Crippen LogP contribution is -2.32. The quantitative estimate of drug-likeness (QED) is 0.757. The van der Waals surface area contributed by atoms with Gasteiger partial charge in [-0.3, -0.25) is 0 Å². The van der Waals surface area contributed by atoms with E-state index < -0.39 is 6.17 Å². The van der Waals surface area contributed by atoms with Crippen LogP contribution in [0.25, 0.3) is 0 Å². The number of halogens is 1. The molecule has 0 radical (unpaired) electrons. The average Bonchev–Trinajstić information content (AvgIpc) is 2.19. The lowest BCUT2D eigenvalue weighted by molar-refractivity contribution is 0.0991. The SMILES string of the molecule is CC(C)C(CN)C(F)C1=CCCCO1. The van der Waals surface area contributed by atoms with Crippen molar-refractivity contribution in [3.8, 4) is 0 Å². The molecule has 2 nitrogen and oxygen atoms in total. The van der Waals surface area contributed by atoms with Gasteiger partial charge >= 0.3 is 0 Å². The van der Waals surface area contributed by atoms with Gasteiger partial charge in [0.15, 0.2) is 6.17 Å². The zero-order chi connectivity index (χ0) is 10.6. The van der Waals surface area contributed by atoms with Gasteiger partial charge < -0.3 is 10.5 Å². The number of rotatable bonds is 4. The molecule has 0 saturated heterocycles. The zero-order valence-corrected chi connectivity index (χ0v) is 9.00. The summed E-state index contributed by atoms with van der Waals surface area (Å²) >= 11 is 0. The number of allylic oxidation sites excluding steroid dienone is 2. The smallest absolute Gasteiger partial charge is 0.161 e. The molecule has 0 spiro atoms. The van der Waals surface area contributed by atoms with E-state index >= 15 is 0 Å². The van der Waals surface area contributed by atoms with E-state index in [0.717, 1.165) is 12.8 Å². The largest absolute Gasteiger partial charge is 0.495 e. The highest BCUT2D eigenvalue weighted by molar-refractivity contribution is 5.05. The third-order valence-corrected chi connectivity index (χ3v) is 2.74. The first-order chi connectivity index (χ1) is 6.66. The van der Waals surface area contributed by atoms with E-state index in [1.54, 1.807) is 0 Å². The molecule has 3 heteroatoms. The van der Waals surface area contributed by atoms with Gasteiger partial charge in [0.1, 0.15) is 5.76 Å². The monoisotopic (exact) mass is 201 g/mol. The summed E-state index contributed by atoms with van der Waals surface area (Å²) in [5.74, 6) is 0.626. The van der Waals surface area contributed by atoms with Crippen LogP contribution in [0.5, 0.6) is 0 Å². The maximum absolute atomic E-state index is 13.9. The van der Waals surface area contributed by atoms with Crippen molar-refractivity contribution in [2.24, 2.45) is 17.6 Å². The Bertz CT molecular complexity index is 203. The molecule has 0 amide bonds. The van der Waals surface area contributed by atoms with Crippen molar-refractivity contribution in [2.45, 2.75) is 32.9 Å². The number of hydrogen-bond acceptors (Lipinski definition) is 2. The molecule has 2 N–H and O–H groups in total. The molecule has 1 heterocycles. The molecular weight excluding hydrogens is 181 g/mol. The molecule has 0 aliphatic carbocycles. The van der Waals surface area contributed by atoms with Crippen molar-refractivity contribution in [2.75, 3.05) is 13.2 Å². The van der Waals surface area contributed by atoms with Crippen molar-refractivity contribution >= 4 is 0 Å². The molecule has 1 aliphatic heterocycles. The second kappa shape index (κ2) is 5.35. The minimum atomic E-state index is -1.03. The standard InChI is InChI=1S/C11H20FNO/c1-8(2)9(7-13)11(12)10-5-3-4-6-14-10/h5,8-9,11H,3-4,6-7,13H2,1-2H3. The maximum atomic E-state index is 13.9. The lowest BCUT2D eigenvalue weighted by Gasteiger charge is -2.26. The summed E-state index contributed by atoms with van der Waals surface area (Å²) in [5, 5.41) is 0. The molecule has 1 rings (SSSR count). The van der Waals surface area contributed by atoms with Gasteiger partial charge in [-0.1, -0.05) is 13.8 Å². The first kappa shape index (κ1) is 11.5. The molecule has 82 valence electrons. The van der Waals surface area contributed by atoms with Crippen molar-refractivity contribution < 1.29 is 9.13 Å². The van der Waals surface area contributed by atoms with Crippen LogP contribution in [-0.2, 0) is 4.74 Å². The summed E-state index contributed by atoms with van der Waals surface area (Å²) in [4.78, 5) is 0. The molecule has 14 heavy (non-hydrogen) atoms. The fraction of sp³-hybridized carbons (Fsp3) is 0.818. The highest BCUT2D eigenvalue weighted by Crippen LogP contribution is 2.26. The Morgan fingerprint density at radius 2 is 2.29 bits per heavy atom. The lowest BCUT2D eigenvalue weighted by atomic mass is 9.89. The van der Waals surface area contributed by atoms with Gasteiger partial charge in [0.2, 0.25) is 0 Å². The molecule has 0 aromatic carbocycles. The van der Waals surface area contributed by atoms with Crippen molar-refractivity contribution in [1.29, 1.82) is 0 Å². The first-order valence-electron chi connectivity index (χ1n) is 5.33. The molecule has 2 atom stereocenters. The number of hydrogen-bond donors (Lipinski definition) is 1. The second-order valence-corrected chi connectivity index (χ2v) is 4.14. The predicted octanol–water partition coefficient (Wildman–Crippen LogP) is 2.25. The van der Waals surface area contributed by atoms with Gasteiger partial charge in [-0.15, -0.1) is 0 Å². The van der Waals surface area contributed by atoms with Gasteiger partial charge in [0.05, 0.1) is 6.61 Å². The maximum Gasteiger partial charge on any atom is 0.161 e. The Labute approximate surface area is 85.3 Å². The Morgan fingerprint density at radius 1 is 1.57 bits per heavy atom. The number of nitrogens with two attached hydrogens (primary N) is 1. The topological polar surface area (TPSA) is 35.2 Å². The van der Waals surface area contributed by atoms with E-state index in [9.17, 15) is 4.39 Å². The van der Waals surface area contributed by atoms with Crippen LogP contribution in [0.3, 0.4) is 0 Å². The summed E-state index contributed by atoms with van der Waals surface area (Å²) in [5.41, 5.74) is 5.56. The summed E-state index contributed by atoms with van der Waals surface area (Å²) in [6, 6.07) is 0. The Morgan fingerprint density at radius 3 is 2.71 bits per heavy atom. The highest BCUT2D eigenvalue weighted by Gasteiger charge is 2.28. The molecule has 0 aromatic heterocycles.